The molecule has 2 aromatic carbocycles. The second-order valence-corrected chi connectivity index (χ2v) is 7.01. The summed E-state index contributed by atoms with van der Waals surface area (Å²) in [6, 6.07) is 16.1. The van der Waals surface area contributed by atoms with Crippen molar-refractivity contribution in [2.45, 2.75) is 6.42 Å². The highest BCUT2D eigenvalue weighted by atomic mass is 16.3. The Balaban J connectivity index is 1.65. The Hall–Kier alpha value is -3.85. The van der Waals surface area contributed by atoms with E-state index >= 15 is 0 Å². The van der Waals surface area contributed by atoms with Crippen LogP contribution in [0, 0.1) is 0 Å². The number of tetrazole rings is 1. The molecule has 150 valence electrons. The van der Waals surface area contributed by atoms with Crippen LogP contribution >= 0.6 is 0 Å². The number of fused-ring (bicyclic) bond motifs is 3. The molecule has 3 N–H and O–H groups in total. The Morgan fingerprint density at radius 3 is 2.73 bits per heavy atom. The van der Waals surface area contributed by atoms with Gasteiger partial charge in [-0.15, -0.1) is 10.2 Å². The zero-order chi connectivity index (χ0) is 20.5. The first-order valence-electron chi connectivity index (χ1n) is 9.66. The molecule has 9 nitrogen and oxygen atoms in total. The van der Waals surface area contributed by atoms with E-state index in [0.717, 1.165) is 33.1 Å². The molecule has 5 rings (SSSR count). The van der Waals surface area contributed by atoms with Gasteiger partial charge in [-0.2, -0.15) is 4.80 Å². The number of nitrogens with zero attached hydrogens (tertiary/aromatic N) is 6. The molecule has 0 unspecified atom stereocenters. The van der Waals surface area contributed by atoms with Crippen LogP contribution in [0.15, 0.2) is 48.5 Å². The molecule has 30 heavy (non-hydrogen) atoms. The summed E-state index contributed by atoms with van der Waals surface area (Å²) in [5.74, 6) is 1.95. The van der Waals surface area contributed by atoms with E-state index in [1.807, 2.05) is 36.4 Å². The summed E-state index contributed by atoms with van der Waals surface area (Å²) in [5, 5.41) is 26.7. The highest BCUT2D eigenvalue weighted by Gasteiger charge is 2.16. The quantitative estimate of drug-likeness (QED) is 0.400. The summed E-state index contributed by atoms with van der Waals surface area (Å²) >= 11 is 0. The Labute approximate surface area is 171 Å². The standard InChI is InChI=1S/C21H20N8O/c1-29-27-19(26-28-29)14-7-8-16-15(12-14)18-20(22-9-10-30)24-17(25-21(18)23-16)11-13-5-3-2-4-6-13/h2-8,12,30H,9-11H2,1H3,(H2,22,23,24,25). The zero-order valence-corrected chi connectivity index (χ0v) is 16.4. The third-order valence-electron chi connectivity index (χ3n) is 4.87. The van der Waals surface area contributed by atoms with Gasteiger partial charge in [-0.1, -0.05) is 30.3 Å². The maximum atomic E-state index is 9.32. The smallest absolute Gasteiger partial charge is 0.204 e. The number of aliphatic hydroxyl groups excluding tert-OH is 1. The molecule has 0 aliphatic heterocycles. The van der Waals surface area contributed by atoms with E-state index in [-0.39, 0.29) is 6.61 Å². The molecule has 0 aliphatic carbocycles. The topological polar surface area (TPSA) is 117 Å². The maximum Gasteiger partial charge on any atom is 0.204 e. The molecular weight excluding hydrogens is 380 g/mol. The van der Waals surface area contributed by atoms with Crippen LogP contribution < -0.4 is 5.32 Å². The van der Waals surface area contributed by atoms with Crippen molar-refractivity contribution in [3.05, 3.63) is 59.9 Å². The summed E-state index contributed by atoms with van der Waals surface area (Å²) < 4.78 is 0. The van der Waals surface area contributed by atoms with E-state index in [1.165, 1.54) is 4.80 Å². The second kappa shape index (κ2) is 7.53. The summed E-state index contributed by atoms with van der Waals surface area (Å²) in [5.41, 5.74) is 3.68. The van der Waals surface area contributed by atoms with E-state index in [9.17, 15) is 5.11 Å². The average Bonchev–Trinajstić information content (AvgIpc) is 3.35. The summed E-state index contributed by atoms with van der Waals surface area (Å²) in [6.45, 7) is 0.408. The van der Waals surface area contributed by atoms with E-state index < -0.39 is 0 Å². The van der Waals surface area contributed by atoms with Crippen molar-refractivity contribution in [1.29, 1.82) is 0 Å². The first-order valence-corrected chi connectivity index (χ1v) is 9.66. The molecule has 0 aliphatic rings. The number of nitrogens with one attached hydrogen (secondary N) is 2. The molecule has 0 amide bonds. The third kappa shape index (κ3) is 3.35. The van der Waals surface area contributed by atoms with Crippen LogP contribution in [-0.4, -0.2) is 53.4 Å². The van der Waals surface area contributed by atoms with Gasteiger partial charge in [0.05, 0.1) is 19.0 Å². The molecule has 0 radical (unpaired) electrons. The predicted octanol–water partition coefficient (Wildman–Crippen LogP) is 2.30. The van der Waals surface area contributed by atoms with Crippen molar-refractivity contribution in [2.75, 3.05) is 18.5 Å². The minimum Gasteiger partial charge on any atom is -0.395 e. The molecule has 0 bridgehead atoms. The van der Waals surface area contributed by atoms with Gasteiger partial charge >= 0.3 is 0 Å². The van der Waals surface area contributed by atoms with E-state index in [2.05, 4.69) is 37.8 Å². The van der Waals surface area contributed by atoms with Crippen LogP contribution in [-0.2, 0) is 13.5 Å². The third-order valence-corrected chi connectivity index (χ3v) is 4.87. The first kappa shape index (κ1) is 18.2. The zero-order valence-electron chi connectivity index (χ0n) is 16.4. The molecule has 0 atom stereocenters. The number of aryl methyl sites for hydroxylation is 1. The lowest BCUT2D eigenvalue weighted by atomic mass is 10.1. The van der Waals surface area contributed by atoms with Gasteiger partial charge in [-0.25, -0.2) is 9.97 Å². The highest BCUT2D eigenvalue weighted by molar-refractivity contribution is 6.12. The van der Waals surface area contributed by atoms with Gasteiger partial charge in [0.1, 0.15) is 17.3 Å². The van der Waals surface area contributed by atoms with Gasteiger partial charge in [0.2, 0.25) is 5.82 Å². The summed E-state index contributed by atoms with van der Waals surface area (Å²) in [7, 11) is 1.74. The molecule has 9 heteroatoms. The molecule has 0 saturated carbocycles. The highest BCUT2D eigenvalue weighted by Crippen LogP contribution is 2.32. The number of benzene rings is 2. The van der Waals surface area contributed by atoms with Gasteiger partial charge < -0.3 is 15.4 Å². The van der Waals surface area contributed by atoms with E-state index in [1.54, 1.807) is 7.05 Å². The van der Waals surface area contributed by atoms with Crippen LogP contribution in [0.5, 0.6) is 0 Å². The lowest BCUT2D eigenvalue weighted by Crippen LogP contribution is -2.09. The second-order valence-electron chi connectivity index (χ2n) is 7.01. The molecule has 0 fully saturated rings. The maximum absolute atomic E-state index is 9.32. The molecule has 5 aromatic rings. The van der Waals surface area contributed by atoms with Crippen molar-refractivity contribution < 1.29 is 5.11 Å². The van der Waals surface area contributed by atoms with E-state index in [4.69, 9.17) is 9.97 Å². The fourth-order valence-electron chi connectivity index (χ4n) is 3.54. The van der Waals surface area contributed by atoms with E-state index in [0.29, 0.717) is 30.4 Å². The van der Waals surface area contributed by atoms with Crippen LogP contribution in [0.25, 0.3) is 33.3 Å². The number of aromatic amines is 1. The van der Waals surface area contributed by atoms with Gasteiger partial charge in [0, 0.05) is 29.4 Å². The minimum absolute atomic E-state index is 0.0106. The van der Waals surface area contributed by atoms with Crippen molar-refractivity contribution in [1.82, 2.24) is 35.2 Å². The molecule has 3 aromatic heterocycles. The van der Waals surface area contributed by atoms with Gasteiger partial charge in [-0.3, -0.25) is 0 Å². The van der Waals surface area contributed by atoms with Gasteiger partial charge in [0.15, 0.2) is 0 Å². The lowest BCUT2D eigenvalue weighted by Gasteiger charge is -2.08. The minimum atomic E-state index is 0.0106. The predicted molar refractivity (Wildman–Crippen MR) is 114 cm³/mol. The number of hydrogen-bond acceptors (Lipinski definition) is 7. The number of hydrogen-bond donors (Lipinski definition) is 3. The monoisotopic (exact) mass is 400 g/mol. The van der Waals surface area contributed by atoms with Gasteiger partial charge in [-0.05, 0) is 29.0 Å². The largest absolute Gasteiger partial charge is 0.395 e. The molecule has 0 saturated heterocycles. The first-order chi connectivity index (χ1) is 14.7. The Bertz CT molecular complexity index is 1330. The Morgan fingerprint density at radius 1 is 1.10 bits per heavy atom. The van der Waals surface area contributed by atoms with Crippen LogP contribution in [0.2, 0.25) is 0 Å². The van der Waals surface area contributed by atoms with Crippen molar-refractivity contribution in [3.8, 4) is 11.4 Å². The molecule has 0 spiro atoms. The number of aromatic nitrogens is 7. The summed E-state index contributed by atoms with van der Waals surface area (Å²) in [6.07, 6.45) is 0.620. The number of rotatable bonds is 6. The lowest BCUT2D eigenvalue weighted by molar-refractivity contribution is 0.311. The SMILES string of the molecule is Cn1nnc(-c2ccc3[nH]c4nc(Cc5ccccc5)nc(NCCO)c4c3c2)n1. The van der Waals surface area contributed by atoms with Crippen LogP contribution in [0.3, 0.4) is 0 Å². The Kier molecular flexibility index (Phi) is 4.56. The fourth-order valence-corrected chi connectivity index (χ4v) is 3.54. The average molecular weight is 400 g/mol. The molecular formula is C21H20N8O. The van der Waals surface area contributed by atoms with Crippen molar-refractivity contribution in [2.24, 2.45) is 7.05 Å². The van der Waals surface area contributed by atoms with Crippen molar-refractivity contribution >= 4 is 27.8 Å². The van der Waals surface area contributed by atoms with Crippen LogP contribution in [0.4, 0.5) is 5.82 Å². The number of aliphatic hydroxyl groups is 1. The fraction of sp³-hybridized carbons (Fsp3) is 0.190. The van der Waals surface area contributed by atoms with Crippen LogP contribution in [0.1, 0.15) is 11.4 Å². The normalized spacial score (nSPS) is 11.4. The summed E-state index contributed by atoms with van der Waals surface area (Å²) in [4.78, 5) is 14.3. The number of anilines is 1. The Morgan fingerprint density at radius 2 is 1.97 bits per heavy atom. The van der Waals surface area contributed by atoms with Gasteiger partial charge in [0.25, 0.3) is 0 Å². The molecule has 3 heterocycles. The number of H-pyrrole nitrogens is 1. The van der Waals surface area contributed by atoms with Crippen molar-refractivity contribution in [3.63, 3.8) is 0 Å².